The lowest BCUT2D eigenvalue weighted by Crippen LogP contribution is -2.31. The molecular formula is C12H13F2N3O2S. The zero-order chi connectivity index (χ0) is 14.4. The van der Waals surface area contributed by atoms with Crippen LogP contribution >= 0.6 is 11.7 Å². The Morgan fingerprint density at radius 2 is 2.25 bits per heavy atom. The summed E-state index contributed by atoms with van der Waals surface area (Å²) in [4.78, 5) is 0. The number of nitrogens with one attached hydrogen (secondary N) is 1. The smallest absolute Gasteiger partial charge is 0.245 e. The summed E-state index contributed by atoms with van der Waals surface area (Å²) in [6.07, 6.45) is 0.693. The first-order valence-corrected chi connectivity index (χ1v) is 6.61. The third kappa shape index (κ3) is 4.48. The average molecular weight is 301 g/mol. The van der Waals surface area contributed by atoms with E-state index in [1.807, 2.05) is 0 Å². The number of aliphatic hydroxyl groups is 1. The quantitative estimate of drug-likeness (QED) is 0.808. The topological polar surface area (TPSA) is 67.3 Å². The van der Waals surface area contributed by atoms with Gasteiger partial charge in [0, 0.05) is 24.7 Å². The van der Waals surface area contributed by atoms with Crippen LogP contribution in [0.1, 0.15) is 5.56 Å². The van der Waals surface area contributed by atoms with Crippen LogP contribution in [0.4, 0.5) is 8.78 Å². The summed E-state index contributed by atoms with van der Waals surface area (Å²) in [7, 11) is 0. The van der Waals surface area contributed by atoms with Gasteiger partial charge in [0.2, 0.25) is 5.88 Å². The number of halogens is 2. The van der Waals surface area contributed by atoms with E-state index in [0.29, 0.717) is 11.4 Å². The van der Waals surface area contributed by atoms with E-state index in [1.165, 1.54) is 18.3 Å². The molecule has 2 rings (SSSR count). The van der Waals surface area contributed by atoms with E-state index in [-0.39, 0.29) is 19.7 Å². The molecule has 1 unspecified atom stereocenters. The predicted molar refractivity (Wildman–Crippen MR) is 69.5 cm³/mol. The highest BCUT2D eigenvalue weighted by Gasteiger charge is 2.08. The summed E-state index contributed by atoms with van der Waals surface area (Å²) in [6, 6.07) is 3.38. The van der Waals surface area contributed by atoms with Crippen molar-refractivity contribution in [3.63, 3.8) is 0 Å². The molecule has 0 radical (unpaired) electrons. The van der Waals surface area contributed by atoms with Gasteiger partial charge in [0.1, 0.15) is 30.5 Å². The van der Waals surface area contributed by atoms with Gasteiger partial charge in [0.25, 0.3) is 0 Å². The lowest BCUT2D eigenvalue weighted by atomic mass is 10.2. The maximum atomic E-state index is 13.3. The van der Waals surface area contributed by atoms with Crippen LogP contribution in [-0.4, -0.2) is 33.1 Å². The molecule has 8 heteroatoms. The number of ether oxygens (including phenoxy) is 1. The molecule has 0 saturated carbocycles. The molecule has 0 fully saturated rings. The molecule has 2 aromatic rings. The highest BCUT2D eigenvalue weighted by molar-refractivity contribution is 6.99. The van der Waals surface area contributed by atoms with Crippen molar-refractivity contribution in [2.75, 3.05) is 13.2 Å². The number of nitrogens with zero attached hydrogens (tertiary/aromatic N) is 2. The second-order valence-electron chi connectivity index (χ2n) is 4.08. The zero-order valence-electron chi connectivity index (χ0n) is 10.4. The van der Waals surface area contributed by atoms with Crippen molar-refractivity contribution in [2.45, 2.75) is 12.6 Å². The minimum absolute atomic E-state index is 0.0598. The standard InChI is InChI=1S/C12H13F2N3O2S/c13-9-2-1-8(11(14)3-9)4-15-5-10(18)7-19-12-6-16-20-17-12/h1-3,6,10,15,18H,4-5,7H2. The van der Waals surface area contributed by atoms with E-state index in [4.69, 9.17) is 4.74 Å². The van der Waals surface area contributed by atoms with Gasteiger partial charge in [-0.05, 0) is 6.07 Å². The SMILES string of the molecule is OC(CNCc1ccc(F)cc1F)COc1cnsn1. The van der Waals surface area contributed by atoms with E-state index in [0.717, 1.165) is 17.8 Å². The van der Waals surface area contributed by atoms with Crippen LogP contribution in [0.15, 0.2) is 24.4 Å². The van der Waals surface area contributed by atoms with Gasteiger partial charge >= 0.3 is 0 Å². The van der Waals surface area contributed by atoms with Crippen molar-refractivity contribution in [1.82, 2.24) is 14.1 Å². The molecule has 1 aromatic carbocycles. The van der Waals surface area contributed by atoms with Crippen LogP contribution in [0.25, 0.3) is 0 Å². The van der Waals surface area contributed by atoms with Crippen LogP contribution < -0.4 is 10.1 Å². The minimum atomic E-state index is -0.764. The maximum Gasteiger partial charge on any atom is 0.245 e. The fourth-order valence-corrected chi connectivity index (χ4v) is 1.86. The first-order chi connectivity index (χ1) is 9.65. The third-order valence-electron chi connectivity index (χ3n) is 2.48. The molecule has 0 aliphatic heterocycles. The van der Waals surface area contributed by atoms with Crippen LogP contribution in [0.5, 0.6) is 5.88 Å². The van der Waals surface area contributed by atoms with Gasteiger partial charge in [0.05, 0.1) is 11.7 Å². The second-order valence-corrected chi connectivity index (χ2v) is 4.63. The molecule has 2 N–H and O–H groups in total. The fraction of sp³-hybridized carbons (Fsp3) is 0.333. The van der Waals surface area contributed by atoms with Crippen LogP contribution in [0.3, 0.4) is 0 Å². The number of rotatable bonds is 7. The zero-order valence-corrected chi connectivity index (χ0v) is 11.2. The lowest BCUT2D eigenvalue weighted by molar-refractivity contribution is 0.104. The first-order valence-electron chi connectivity index (χ1n) is 5.88. The van der Waals surface area contributed by atoms with Gasteiger partial charge in [-0.1, -0.05) is 6.07 Å². The predicted octanol–water partition coefficient (Wildman–Crippen LogP) is 1.35. The van der Waals surface area contributed by atoms with Crippen molar-refractivity contribution in [2.24, 2.45) is 0 Å². The van der Waals surface area contributed by atoms with Crippen LogP contribution in [0, 0.1) is 11.6 Å². The number of hydrogen-bond donors (Lipinski definition) is 2. The summed E-state index contributed by atoms with van der Waals surface area (Å²) in [6.45, 7) is 0.472. The number of hydrogen-bond acceptors (Lipinski definition) is 6. The van der Waals surface area contributed by atoms with E-state index >= 15 is 0 Å². The number of aliphatic hydroxyl groups excluding tert-OH is 1. The van der Waals surface area contributed by atoms with Crippen molar-refractivity contribution in [3.8, 4) is 5.88 Å². The van der Waals surface area contributed by atoms with Crippen molar-refractivity contribution < 1.29 is 18.6 Å². The van der Waals surface area contributed by atoms with E-state index in [1.54, 1.807) is 0 Å². The van der Waals surface area contributed by atoms with Crippen LogP contribution in [0.2, 0.25) is 0 Å². The Hall–Kier alpha value is -1.64. The third-order valence-corrected chi connectivity index (χ3v) is 2.94. The molecule has 0 amide bonds. The Morgan fingerprint density at radius 3 is 2.95 bits per heavy atom. The highest BCUT2D eigenvalue weighted by Crippen LogP contribution is 2.09. The van der Waals surface area contributed by atoms with Crippen molar-refractivity contribution >= 4 is 11.7 Å². The number of benzene rings is 1. The Bertz CT molecular complexity index is 540. The summed E-state index contributed by atoms with van der Waals surface area (Å²) in [5.74, 6) is -0.869. The number of aromatic nitrogens is 2. The first kappa shape index (κ1) is 14.8. The summed E-state index contributed by atoms with van der Waals surface area (Å²) >= 11 is 1.01. The Balaban J connectivity index is 1.69. The molecule has 5 nitrogen and oxygen atoms in total. The Morgan fingerprint density at radius 1 is 1.40 bits per heavy atom. The van der Waals surface area contributed by atoms with Gasteiger partial charge < -0.3 is 15.2 Å². The maximum absolute atomic E-state index is 13.3. The van der Waals surface area contributed by atoms with E-state index < -0.39 is 17.7 Å². The summed E-state index contributed by atoms with van der Waals surface area (Å²) < 4.78 is 38.8. The van der Waals surface area contributed by atoms with E-state index in [2.05, 4.69) is 14.1 Å². The molecule has 0 saturated heterocycles. The molecule has 0 spiro atoms. The van der Waals surface area contributed by atoms with Gasteiger partial charge in [-0.15, -0.1) is 4.37 Å². The van der Waals surface area contributed by atoms with Crippen LogP contribution in [-0.2, 0) is 6.54 Å². The molecule has 108 valence electrons. The molecule has 20 heavy (non-hydrogen) atoms. The minimum Gasteiger partial charge on any atom is -0.473 e. The molecule has 1 heterocycles. The molecule has 1 aromatic heterocycles. The van der Waals surface area contributed by atoms with E-state index in [9.17, 15) is 13.9 Å². The largest absolute Gasteiger partial charge is 0.473 e. The monoisotopic (exact) mass is 301 g/mol. The van der Waals surface area contributed by atoms with Gasteiger partial charge in [0.15, 0.2) is 0 Å². The van der Waals surface area contributed by atoms with Gasteiger partial charge in [-0.3, -0.25) is 0 Å². The van der Waals surface area contributed by atoms with Gasteiger partial charge in [-0.25, -0.2) is 8.78 Å². The lowest BCUT2D eigenvalue weighted by Gasteiger charge is -2.12. The molecule has 0 bridgehead atoms. The fourth-order valence-electron chi connectivity index (χ4n) is 1.50. The second kappa shape index (κ2) is 7.22. The molecule has 1 atom stereocenters. The van der Waals surface area contributed by atoms with Gasteiger partial charge in [-0.2, -0.15) is 4.37 Å². The van der Waals surface area contributed by atoms with Crippen molar-refractivity contribution in [3.05, 3.63) is 41.6 Å². The van der Waals surface area contributed by atoms with Crippen molar-refractivity contribution in [1.29, 1.82) is 0 Å². The molecule has 0 aliphatic carbocycles. The Kier molecular flexibility index (Phi) is 5.33. The highest BCUT2D eigenvalue weighted by atomic mass is 32.1. The normalized spacial score (nSPS) is 12.3. The molecular weight excluding hydrogens is 288 g/mol. The average Bonchev–Trinajstić information content (AvgIpc) is 2.92. The molecule has 0 aliphatic rings. The summed E-state index contributed by atoms with van der Waals surface area (Å²) in [5.41, 5.74) is 0.336. The summed E-state index contributed by atoms with van der Waals surface area (Å²) in [5, 5.41) is 12.5. The Labute approximate surface area is 118 Å².